The van der Waals surface area contributed by atoms with Gasteiger partial charge in [-0.1, -0.05) is 34.7 Å². The molecule has 0 atom stereocenters. The number of halogens is 1. The molecule has 176 valence electrons. The monoisotopic (exact) mass is 524 g/mol. The number of hydrogen-bond donors (Lipinski definition) is 1. The highest BCUT2D eigenvalue weighted by Gasteiger charge is 2.37. The van der Waals surface area contributed by atoms with Crippen molar-refractivity contribution in [2.24, 2.45) is 0 Å². The molecular weight excluding hydrogens is 500 g/mol. The largest absolute Gasteiger partial charge is 0.490 e. The van der Waals surface area contributed by atoms with E-state index in [9.17, 15) is 14.4 Å². The minimum absolute atomic E-state index is 0.174. The summed E-state index contributed by atoms with van der Waals surface area (Å²) in [6.45, 7) is 11.8. The molecule has 0 bridgehead atoms. The predicted molar refractivity (Wildman–Crippen MR) is 135 cm³/mol. The summed E-state index contributed by atoms with van der Waals surface area (Å²) in [5.74, 6) is -0.470. The quantitative estimate of drug-likeness (QED) is 0.279. The van der Waals surface area contributed by atoms with Gasteiger partial charge in [0.15, 0.2) is 11.5 Å². The number of ether oxygens (including phenoxy) is 2. The van der Waals surface area contributed by atoms with Crippen molar-refractivity contribution in [2.45, 2.75) is 20.3 Å². The molecule has 1 aliphatic heterocycles. The van der Waals surface area contributed by atoms with Gasteiger partial charge >= 0.3 is 6.03 Å². The molecule has 0 aromatic heterocycles. The second-order valence-corrected chi connectivity index (χ2v) is 8.28. The van der Waals surface area contributed by atoms with Gasteiger partial charge in [0.25, 0.3) is 11.8 Å². The fraction of sp³-hybridized carbons (Fsp3) is 0.192. The Morgan fingerprint density at radius 2 is 1.85 bits per heavy atom. The number of allylic oxidation sites excluding steroid dienone is 1. The molecule has 1 saturated heterocycles. The van der Waals surface area contributed by atoms with Crippen molar-refractivity contribution in [1.82, 2.24) is 5.32 Å². The van der Waals surface area contributed by atoms with E-state index in [1.165, 1.54) is 6.08 Å². The third-order valence-electron chi connectivity index (χ3n) is 4.98. The van der Waals surface area contributed by atoms with Crippen LogP contribution in [0.3, 0.4) is 0 Å². The molecule has 3 rings (SSSR count). The third-order valence-corrected chi connectivity index (χ3v) is 5.87. The van der Waals surface area contributed by atoms with Crippen LogP contribution in [0.1, 0.15) is 23.6 Å². The van der Waals surface area contributed by atoms with E-state index in [0.717, 1.165) is 20.5 Å². The number of nitrogens with one attached hydrogen (secondary N) is 1. The fourth-order valence-corrected chi connectivity index (χ4v) is 3.72. The second-order valence-electron chi connectivity index (χ2n) is 7.42. The lowest BCUT2D eigenvalue weighted by molar-refractivity contribution is -0.122. The van der Waals surface area contributed by atoms with Gasteiger partial charge < -0.3 is 9.47 Å². The maximum atomic E-state index is 13.3. The Kier molecular flexibility index (Phi) is 8.07. The van der Waals surface area contributed by atoms with Gasteiger partial charge in [0.1, 0.15) is 12.2 Å². The molecule has 0 spiro atoms. The smallest absolute Gasteiger partial charge is 0.335 e. The fourth-order valence-electron chi connectivity index (χ4n) is 3.47. The minimum Gasteiger partial charge on any atom is -0.490 e. The number of carbonyl (C=O) groups is 3. The number of aryl methyl sites for hydroxylation is 1. The Balaban J connectivity index is 2.08. The van der Waals surface area contributed by atoms with Crippen LogP contribution < -0.4 is 19.7 Å². The lowest BCUT2D eigenvalue weighted by Crippen LogP contribution is -2.54. The van der Waals surface area contributed by atoms with E-state index in [4.69, 9.17) is 9.47 Å². The summed E-state index contributed by atoms with van der Waals surface area (Å²) in [6.07, 6.45) is 5.27. The molecule has 1 fully saturated rings. The zero-order valence-electron chi connectivity index (χ0n) is 19.0. The van der Waals surface area contributed by atoms with Crippen LogP contribution >= 0.6 is 15.9 Å². The average Bonchev–Trinajstić information content (AvgIpc) is 2.79. The van der Waals surface area contributed by atoms with Crippen LogP contribution in [0.15, 0.2) is 65.7 Å². The van der Waals surface area contributed by atoms with Crippen LogP contribution in [0.5, 0.6) is 11.5 Å². The molecule has 0 aliphatic carbocycles. The number of amides is 4. The molecule has 2 aromatic carbocycles. The molecule has 2 aromatic rings. The number of anilines is 1. The highest BCUT2D eigenvalue weighted by Crippen LogP contribution is 2.35. The van der Waals surface area contributed by atoms with Crippen molar-refractivity contribution in [3.8, 4) is 11.5 Å². The molecular formula is C26H25BrN2O5. The van der Waals surface area contributed by atoms with E-state index in [1.54, 1.807) is 42.5 Å². The number of imide groups is 2. The zero-order valence-corrected chi connectivity index (χ0v) is 20.6. The van der Waals surface area contributed by atoms with Gasteiger partial charge in [-0.05, 0) is 67.8 Å². The highest BCUT2D eigenvalue weighted by atomic mass is 79.9. The van der Waals surface area contributed by atoms with E-state index in [2.05, 4.69) is 34.4 Å². The summed E-state index contributed by atoms with van der Waals surface area (Å²) >= 11 is 3.41. The number of hydrogen-bond acceptors (Lipinski definition) is 5. The van der Waals surface area contributed by atoms with Crippen LogP contribution in [-0.4, -0.2) is 31.1 Å². The van der Waals surface area contributed by atoms with Crippen LogP contribution in [0.4, 0.5) is 10.5 Å². The molecule has 1 heterocycles. The topological polar surface area (TPSA) is 84.9 Å². The third kappa shape index (κ3) is 5.28. The summed E-state index contributed by atoms with van der Waals surface area (Å²) in [6, 6.07) is 7.74. The average molecular weight is 525 g/mol. The van der Waals surface area contributed by atoms with Gasteiger partial charge in [-0.2, -0.15) is 0 Å². The number of benzene rings is 2. The van der Waals surface area contributed by atoms with E-state index < -0.39 is 17.8 Å². The summed E-state index contributed by atoms with van der Waals surface area (Å²) in [4.78, 5) is 39.3. The minimum atomic E-state index is -0.801. The van der Waals surface area contributed by atoms with Gasteiger partial charge in [-0.25, -0.2) is 9.69 Å². The van der Waals surface area contributed by atoms with Crippen LogP contribution in [-0.2, 0) is 16.0 Å². The molecule has 0 unspecified atom stereocenters. The maximum Gasteiger partial charge on any atom is 0.335 e. The van der Waals surface area contributed by atoms with Gasteiger partial charge in [-0.15, -0.1) is 6.58 Å². The van der Waals surface area contributed by atoms with Gasteiger partial charge in [0, 0.05) is 10.0 Å². The lowest BCUT2D eigenvalue weighted by Gasteiger charge is -2.27. The number of rotatable bonds is 9. The van der Waals surface area contributed by atoms with Crippen molar-refractivity contribution in [3.63, 3.8) is 0 Å². The van der Waals surface area contributed by atoms with Crippen molar-refractivity contribution < 1.29 is 23.9 Å². The number of barbiturate groups is 1. The molecule has 1 N–H and O–H groups in total. The first-order valence-electron chi connectivity index (χ1n) is 10.6. The Hall–Kier alpha value is -3.65. The number of carbonyl (C=O) groups excluding carboxylic acids is 3. The van der Waals surface area contributed by atoms with Crippen LogP contribution in [0, 0.1) is 6.92 Å². The molecule has 7 nitrogen and oxygen atoms in total. The molecule has 8 heteroatoms. The summed E-state index contributed by atoms with van der Waals surface area (Å²) < 4.78 is 12.4. The predicted octanol–water partition coefficient (Wildman–Crippen LogP) is 5.12. The molecule has 0 saturated carbocycles. The molecule has 0 radical (unpaired) electrons. The first-order chi connectivity index (χ1) is 16.3. The first-order valence-corrected chi connectivity index (χ1v) is 11.4. The van der Waals surface area contributed by atoms with Crippen molar-refractivity contribution in [3.05, 3.63) is 82.4 Å². The Morgan fingerprint density at radius 3 is 2.50 bits per heavy atom. The Labute approximate surface area is 206 Å². The lowest BCUT2D eigenvalue weighted by atomic mass is 10.0. The van der Waals surface area contributed by atoms with Crippen molar-refractivity contribution in [1.29, 1.82) is 0 Å². The zero-order chi connectivity index (χ0) is 24.8. The van der Waals surface area contributed by atoms with E-state index in [0.29, 0.717) is 35.8 Å². The molecule has 1 aliphatic rings. The van der Waals surface area contributed by atoms with Crippen molar-refractivity contribution >= 4 is 45.5 Å². The molecule has 34 heavy (non-hydrogen) atoms. The first kappa shape index (κ1) is 25.0. The van der Waals surface area contributed by atoms with E-state index in [1.807, 2.05) is 13.8 Å². The summed E-state index contributed by atoms with van der Waals surface area (Å²) in [5, 5.41) is 2.25. The second kappa shape index (κ2) is 11.0. The summed E-state index contributed by atoms with van der Waals surface area (Å²) in [5.41, 5.74) is 2.34. The van der Waals surface area contributed by atoms with Gasteiger partial charge in [0.05, 0.1) is 12.3 Å². The highest BCUT2D eigenvalue weighted by molar-refractivity contribution is 9.10. The SMILES string of the molecule is C=CCOc1c(CC=C)cc(/C=C2\C(=O)NC(=O)N(c3ccc(Br)c(C)c3)C2=O)cc1OCC. The van der Waals surface area contributed by atoms with Crippen LogP contribution in [0.25, 0.3) is 6.08 Å². The maximum absolute atomic E-state index is 13.3. The Morgan fingerprint density at radius 1 is 1.09 bits per heavy atom. The summed E-state index contributed by atoms with van der Waals surface area (Å²) in [7, 11) is 0. The number of nitrogens with zero attached hydrogens (tertiary/aromatic N) is 1. The van der Waals surface area contributed by atoms with Crippen molar-refractivity contribution in [2.75, 3.05) is 18.1 Å². The normalized spacial score (nSPS) is 14.7. The van der Waals surface area contributed by atoms with Gasteiger partial charge in [0.2, 0.25) is 0 Å². The van der Waals surface area contributed by atoms with E-state index in [-0.39, 0.29) is 12.2 Å². The van der Waals surface area contributed by atoms with Gasteiger partial charge in [-0.3, -0.25) is 14.9 Å². The van der Waals surface area contributed by atoms with E-state index >= 15 is 0 Å². The standard InChI is InChI=1S/C26H25BrN2O5/c1-5-8-18-13-17(15-22(33-7-3)23(18)34-11-6-2)14-20-24(30)28-26(32)29(25(20)31)19-9-10-21(27)16(4)12-19/h5-6,9-10,12-15H,1-2,7-8,11H2,3-4H3,(H,28,30,32)/b20-14+. The number of urea groups is 1. The molecule has 4 amide bonds. The van der Waals surface area contributed by atoms with Crippen LogP contribution in [0.2, 0.25) is 0 Å². The Bertz CT molecular complexity index is 1200.